The van der Waals surface area contributed by atoms with Gasteiger partial charge in [-0.1, -0.05) is 18.2 Å². The van der Waals surface area contributed by atoms with Gasteiger partial charge in [-0.2, -0.15) is 0 Å². The number of amides is 2. The Balaban J connectivity index is 1.59. The van der Waals surface area contributed by atoms with Gasteiger partial charge >= 0.3 is 0 Å². The zero-order chi connectivity index (χ0) is 23.1. The Labute approximate surface area is 185 Å². The van der Waals surface area contributed by atoms with Crippen LogP contribution in [0.5, 0.6) is 5.75 Å². The fourth-order valence-electron chi connectivity index (χ4n) is 2.76. The van der Waals surface area contributed by atoms with Crippen LogP contribution in [0.4, 0.5) is 0 Å². The Bertz CT molecular complexity index is 1210. The highest BCUT2D eigenvalue weighted by atomic mass is 32.2. The van der Waals surface area contributed by atoms with E-state index in [-0.39, 0.29) is 23.6 Å². The molecule has 9 nitrogen and oxygen atoms in total. The summed E-state index contributed by atoms with van der Waals surface area (Å²) < 4.78 is 38.0. The highest BCUT2D eigenvalue weighted by Crippen LogP contribution is 2.16. The number of furan rings is 1. The molecule has 0 radical (unpaired) electrons. The van der Waals surface area contributed by atoms with E-state index in [0.29, 0.717) is 17.1 Å². The lowest BCUT2D eigenvalue weighted by atomic mass is 10.1. The average molecular weight is 458 g/mol. The second-order valence-electron chi connectivity index (χ2n) is 6.99. The first-order chi connectivity index (χ1) is 15.2. The number of hydrogen-bond donors (Lipinski definition) is 3. The smallest absolute Gasteiger partial charge is 0.276 e. The molecule has 0 aliphatic heterocycles. The molecule has 2 amide bonds. The van der Waals surface area contributed by atoms with E-state index in [9.17, 15) is 18.0 Å². The molecule has 0 unspecified atom stereocenters. The second kappa shape index (κ2) is 10.1. The summed E-state index contributed by atoms with van der Waals surface area (Å²) in [6.07, 6.45) is 1.44. The van der Waals surface area contributed by atoms with Gasteiger partial charge in [0.25, 0.3) is 11.8 Å². The molecule has 1 heterocycles. The number of aryl methyl sites for hydroxylation is 2. The number of carbonyl (C=O) groups is 2. The molecule has 3 rings (SSSR count). The molecule has 0 fully saturated rings. The van der Waals surface area contributed by atoms with Gasteiger partial charge in [-0.15, -0.1) is 0 Å². The largest absolute Gasteiger partial charge is 0.484 e. The number of hydrogen-bond acceptors (Lipinski definition) is 6. The molecule has 10 heteroatoms. The van der Waals surface area contributed by atoms with Crippen LogP contribution in [0.25, 0.3) is 0 Å². The van der Waals surface area contributed by atoms with Crippen LogP contribution < -0.4 is 20.3 Å². The molecule has 0 atom stereocenters. The van der Waals surface area contributed by atoms with Crippen LogP contribution in [0.15, 0.2) is 70.2 Å². The molecule has 3 N–H and O–H groups in total. The summed E-state index contributed by atoms with van der Waals surface area (Å²) in [7, 11) is -3.88. The number of hydrazine groups is 1. The van der Waals surface area contributed by atoms with Crippen molar-refractivity contribution in [2.24, 2.45) is 0 Å². The third-order valence-electron chi connectivity index (χ3n) is 4.46. The number of benzene rings is 2. The van der Waals surface area contributed by atoms with Gasteiger partial charge in [-0.25, -0.2) is 13.1 Å². The zero-order valence-electron chi connectivity index (χ0n) is 17.5. The van der Waals surface area contributed by atoms with Crippen molar-refractivity contribution < 1.29 is 27.2 Å². The van der Waals surface area contributed by atoms with Crippen molar-refractivity contribution in [3.05, 3.63) is 83.3 Å². The van der Waals surface area contributed by atoms with E-state index < -0.39 is 21.8 Å². The van der Waals surface area contributed by atoms with Crippen LogP contribution >= 0.6 is 0 Å². The number of carbonyl (C=O) groups excluding carboxylic acids is 2. The van der Waals surface area contributed by atoms with Crippen LogP contribution in [0.2, 0.25) is 0 Å². The molecule has 0 saturated heterocycles. The highest BCUT2D eigenvalue weighted by Gasteiger charge is 2.19. The van der Waals surface area contributed by atoms with E-state index >= 15 is 0 Å². The lowest BCUT2D eigenvalue weighted by Crippen LogP contribution is -2.44. The minimum absolute atomic E-state index is 0.0261. The van der Waals surface area contributed by atoms with E-state index in [4.69, 9.17) is 9.15 Å². The maximum absolute atomic E-state index is 12.6. The summed E-state index contributed by atoms with van der Waals surface area (Å²) in [6, 6.07) is 14.6. The SMILES string of the molecule is Cc1cccc(OCC(=O)NNC(=O)c2cc(S(=O)(=O)NCc3ccco3)ccc2C)c1. The molecule has 32 heavy (non-hydrogen) atoms. The summed E-state index contributed by atoms with van der Waals surface area (Å²) in [5, 5.41) is 0. The summed E-state index contributed by atoms with van der Waals surface area (Å²) in [5.41, 5.74) is 6.15. The first kappa shape index (κ1) is 23.0. The van der Waals surface area contributed by atoms with Crippen LogP contribution in [0.1, 0.15) is 27.2 Å². The first-order valence-corrected chi connectivity index (χ1v) is 11.1. The van der Waals surface area contributed by atoms with E-state index in [1.54, 1.807) is 37.3 Å². The maximum atomic E-state index is 12.6. The number of rotatable bonds is 8. The monoisotopic (exact) mass is 457 g/mol. The molecule has 0 aliphatic rings. The minimum Gasteiger partial charge on any atom is -0.484 e. The van der Waals surface area contributed by atoms with E-state index in [1.807, 2.05) is 13.0 Å². The molecule has 0 saturated carbocycles. The molecular weight excluding hydrogens is 434 g/mol. The van der Waals surface area contributed by atoms with Crippen LogP contribution in [0.3, 0.4) is 0 Å². The molecule has 1 aromatic heterocycles. The molecule has 0 bridgehead atoms. The topological polar surface area (TPSA) is 127 Å². The van der Waals surface area contributed by atoms with E-state index in [2.05, 4.69) is 15.6 Å². The standard InChI is InChI=1S/C22H23N3O6S/c1-15-5-3-6-17(11-15)31-14-21(26)24-25-22(27)20-12-19(9-8-16(20)2)32(28,29)23-13-18-7-4-10-30-18/h3-12,23H,13-14H2,1-2H3,(H,24,26)(H,25,27). The normalized spacial score (nSPS) is 11.1. The van der Waals surface area contributed by atoms with Crippen molar-refractivity contribution >= 4 is 21.8 Å². The third kappa shape index (κ3) is 6.19. The fraction of sp³-hybridized carbons (Fsp3) is 0.182. The third-order valence-corrected chi connectivity index (χ3v) is 5.85. The number of ether oxygens (including phenoxy) is 1. The minimum atomic E-state index is -3.88. The van der Waals surface area contributed by atoms with Gasteiger partial charge in [-0.3, -0.25) is 20.4 Å². The lowest BCUT2D eigenvalue weighted by molar-refractivity contribution is -0.123. The van der Waals surface area contributed by atoms with Gasteiger partial charge in [0.2, 0.25) is 10.0 Å². The maximum Gasteiger partial charge on any atom is 0.276 e. The zero-order valence-corrected chi connectivity index (χ0v) is 18.4. The molecule has 2 aromatic carbocycles. The van der Waals surface area contributed by atoms with Gasteiger partial charge in [0, 0.05) is 5.56 Å². The van der Waals surface area contributed by atoms with Gasteiger partial charge in [0.1, 0.15) is 11.5 Å². The Morgan fingerprint density at radius 2 is 1.81 bits per heavy atom. The Morgan fingerprint density at radius 1 is 1.00 bits per heavy atom. The Morgan fingerprint density at radius 3 is 2.53 bits per heavy atom. The summed E-state index contributed by atoms with van der Waals surface area (Å²) >= 11 is 0. The predicted octanol–water partition coefficient (Wildman–Crippen LogP) is 2.21. The van der Waals surface area contributed by atoms with Crippen molar-refractivity contribution in [3.8, 4) is 5.75 Å². The van der Waals surface area contributed by atoms with Crippen molar-refractivity contribution in [3.63, 3.8) is 0 Å². The van der Waals surface area contributed by atoms with E-state index in [1.165, 1.54) is 24.5 Å². The van der Waals surface area contributed by atoms with Gasteiger partial charge < -0.3 is 9.15 Å². The molecule has 0 aliphatic carbocycles. The van der Waals surface area contributed by atoms with Crippen LogP contribution in [0, 0.1) is 13.8 Å². The second-order valence-corrected chi connectivity index (χ2v) is 8.76. The lowest BCUT2D eigenvalue weighted by Gasteiger charge is -2.12. The summed E-state index contributed by atoms with van der Waals surface area (Å²) in [4.78, 5) is 24.4. The number of sulfonamides is 1. The average Bonchev–Trinajstić information content (AvgIpc) is 3.29. The predicted molar refractivity (Wildman–Crippen MR) is 116 cm³/mol. The quantitative estimate of drug-likeness (QED) is 0.445. The van der Waals surface area contributed by atoms with Gasteiger partial charge in [-0.05, 0) is 61.4 Å². The van der Waals surface area contributed by atoms with Crippen molar-refractivity contribution in [1.29, 1.82) is 0 Å². The highest BCUT2D eigenvalue weighted by molar-refractivity contribution is 7.89. The van der Waals surface area contributed by atoms with Crippen LogP contribution in [-0.2, 0) is 21.4 Å². The first-order valence-electron chi connectivity index (χ1n) is 9.66. The fourth-order valence-corrected chi connectivity index (χ4v) is 3.78. The summed E-state index contributed by atoms with van der Waals surface area (Å²) in [5.74, 6) is -0.243. The van der Waals surface area contributed by atoms with Crippen molar-refractivity contribution in [1.82, 2.24) is 15.6 Å². The number of nitrogens with one attached hydrogen (secondary N) is 3. The molecule has 168 valence electrons. The van der Waals surface area contributed by atoms with Gasteiger partial charge in [0.15, 0.2) is 6.61 Å². The molecule has 3 aromatic rings. The van der Waals surface area contributed by atoms with Crippen molar-refractivity contribution in [2.45, 2.75) is 25.3 Å². The van der Waals surface area contributed by atoms with Gasteiger partial charge in [0.05, 0.1) is 17.7 Å². The van der Waals surface area contributed by atoms with Crippen molar-refractivity contribution in [2.75, 3.05) is 6.61 Å². The van der Waals surface area contributed by atoms with E-state index in [0.717, 1.165) is 5.56 Å². The Kier molecular flexibility index (Phi) is 7.29. The Hall–Kier alpha value is -3.63. The molecule has 0 spiro atoms. The molecular formula is C22H23N3O6S. The summed E-state index contributed by atoms with van der Waals surface area (Å²) in [6.45, 7) is 3.23. The van der Waals surface area contributed by atoms with Crippen LogP contribution in [-0.4, -0.2) is 26.8 Å².